The summed E-state index contributed by atoms with van der Waals surface area (Å²) in [5, 5.41) is 37.8. The molecule has 2 unspecified atom stereocenters. The second kappa shape index (κ2) is 8.66. The van der Waals surface area contributed by atoms with Crippen molar-refractivity contribution in [3.05, 3.63) is 0 Å². The molecule has 1 aliphatic rings. The number of rotatable bonds is 9. The van der Waals surface area contributed by atoms with E-state index in [2.05, 4.69) is 0 Å². The molecular formula is C13H24O7. The standard InChI is InChI=1S/C13H24O7/c1-19-13(20-5-3-8(16)7-15)12-9(2-4-14)10(17)6-11(12)18/h4,8-13,15-18H,2-3,5-7H2,1H3/t8?,9-,10-,11+,12-,13?/m0/s1. The van der Waals surface area contributed by atoms with E-state index in [9.17, 15) is 20.1 Å². The van der Waals surface area contributed by atoms with Gasteiger partial charge < -0.3 is 34.7 Å². The highest BCUT2D eigenvalue weighted by atomic mass is 16.7. The third kappa shape index (κ3) is 4.47. The first kappa shape index (κ1) is 17.5. The van der Waals surface area contributed by atoms with Gasteiger partial charge in [0.25, 0.3) is 0 Å². The van der Waals surface area contributed by atoms with E-state index in [1.807, 2.05) is 0 Å². The number of hydrogen-bond donors (Lipinski definition) is 4. The van der Waals surface area contributed by atoms with Gasteiger partial charge >= 0.3 is 0 Å². The minimum Gasteiger partial charge on any atom is -0.394 e. The third-order valence-electron chi connectivity index (χ3n) is 3.77. The zero-order chi connectivity index (χ0) is 15.1. The van der Waals surface area contributed by atoms with Crippen molar-refractivity contribution < 1.29 is 34.7 Å². The SMILES string of the molecule is COC(OCCC(O)CO)[C@H]1[C@@H](CC=O)[C@@H](O)C[C@H]1O. The second-order valence-electron chi connectivity index (χ2n) is 5.11. The van der Waals surface area contributed by atoms with E-state index in [1.54, 1.807) is 0 Å². The average molecular weight is 292 g/mol. The molecular weight excluding hydrogens is 268 g/mol. The molecule has 0 spiro atoms. The largest absolute Gasteiger partial charge is 0.394 e. The van der Waals surface area contributed by atoms with Crippen molar-refractivity contribution in [3.63, 3.8) is 0 Å². The van der Waals surface area contributed by atoms with Crippen molar-refractivity contribution in [2.75, 3.05) is 20.3 Å². The van der Waals surface area contributed by atoms with Gasteiger partial charge in [-0.2, -0.15) is 0 Å². The van der Waals surface area contributed by atoms with Gasteiger partial charge in [0, 0.05) is 25.4 Å². The molecule has 1 saturated carbocycles. The van der Waals surface area contributed by atoms with E-state index in [-0.39, 0.29) is 32.5 Å². The lowest BCUT2D eigenvalue weighted by atomic mass is 9.90. The molecule has 0 heterocycles. The summed E-state index contributed by atoms with van der Waals surface area (Å²) in [4.78, 5) is 10.7. The van der Waals surface area contributed by atoms with Crippen LogP contribution in [0.4, 0.5) is 0 Å². The third-order valence-corrected chi connectivity index (χ3v) is 3.77. The Labute approximate surface area is 118 Å². The van der Waals surface area contributed by atoms with Crippen LogP contribution in [0.5, 0.6) is 0 Å². The molecule has 0 saturated heterocycles. The maximum absolute atomic E-state index is 10.7. The summed E-state index contributed by atoms with van der Waals surface area (Å²) in [6.45, 7) is -0.201. The Morgan fingerprint density at radius 1 is 1.35 bits per heavy atom. The van der Waals surface area contributed by atoms with Crippen LogP contribution in [0.3, 0.4) is 0 Å². The monoisotopic (exact) mass is 292 g/mol. The predicted molar refractivity (Wildman–Crippen MR) is 68.8 cm³/mol. The molecule has 1 aliphatic carbocycles. The summed E-state index contributed by atoms with van der Waals surface area (Å²) in [6.07, 6.45) is -1.93. The number of aliphatic hydroxyl groups excluding tert-OH is 4. The maximum Gasteiger partial charge on any atom is 0.162 e. The fourth-order valence-corrected chi connectivity index (χ4v) is 2.68. The fourth-order valence-electron chi connectivity index (χ4n) is 2.68. The van der Waals surface area contributed by atoms with Crippen molar-refractivity contribution in [2.24, 2.45) is 11.8 Å². The number of carbonyl (C=O) groups excluding carboxylic acids is 1. The van der Waals surface area contributed by atoms with Gasteiger partial charge in [0.2, 0.25) is 0 Å². The van der Waals surface area contributed by atoms with Gasteiger partial charge in [-0.15, -0.1) is 0 Å². The molecule has 6 atom stereocenters. The lowest BCUT2D eigenvalue weighted by Crippen LogP contribution is -2.37. The summed E-state index contributed by atoms with van der Waals surface area (Å²) in [7, 11) is 1.42. The highest BCUT2D eigenvalue weighted by Crippen LogP contribution is 2.38. The van der Waals surface area contributed by atoms with Gasteiger partial charge in [0.05, 0.1) is 31.5 Å². The lowest BCUT2D eigenvalue weighted by molar-refractivity contribution is -0.185. The molecule has 0 radical (unpaired) electrons. The normalized spacial score (nSPS) is 33.0. The molecule has 0 bridgehead atoms. The molecule has 118 valence electrons. The Bertz CT molecular complexity index is 286. The number of ether oxygens (including phenoxy) is 2. The summed E-state index contributed by atoms with van der Waals surface area (Å²) in [5.41, 5.74) is 0. The number of aldehydes is 1. The topological polar surface area (TPSA) is 116 Å². The minimum atomic E-state index is -0.864. The number of carbonyl (C=O) groups is 1. The van der Waals surface area contributed by atoms with E-state index in [0.717, 1.165) is 0 Å². The molecule has 4 N–H and O–H groups in total. The molecule has 0 aromatic rings. The zero-order valence-electron chi connectivity index (χ0n) is 11.6. The highest BCUT2D eigenvalue weighted by Gasteiger charge is 2.46. The van der Waals surface area contributed by atoms with E-state index >= 15 is 0 Å². The molecule has 7 nitrogen and oxygen atoms in total. The molecule has 1 fully saturated rings. The molecule has 20 heavy (non-hydrogen) atoms. The molecule has 0 aliphatic heterocycles. The Balaban J connectivity index is 2.59. The van der Waals surface area contributed by atoms with Crippen LogP contribution in [0.25, 0.3) is 0 Å². The van der Waals surface area contributed by atoms with Crippen LogP contribution in [-0.4, -0.2) is 71.6 Å². The van der Waals surface area contributed by atoms with Crippen molar-refractivity contribution in [1.29, 1.82) is 0 Å². The first-order valence-corrected chi connectivity index (χ1v) is 6.78. The van der Waals surface area contributed by atoms with Crippen LogP contribution in [0.15, 0.2) is 0 Å². The van der Waals surface area contributed by atoms with Crippen molar-refractivity contribution in [3.8, 4) is 0 Å². The molecule has 0 aromatic heterocycles. The predicted octanol–water partition coefficient (Wildman–Crippen LogP) is -1.33. The number of aliphatic hydroxyl groups is 4. The zero-order valence-corrected chi connectivity index (χ0v) is 11.6. The first-order chi connectivity index (χ1) is 9.54. The van der Waals surface area contributed by atoms with Gasteiger partial charge in [0.1, 0.15) is 6.29 Å². The van der Waals surface area contributed by atoms with Crippen LogP contribution in [0, 0.1) is 11.8 Å². The molecule has 0 amide bonds. The van der Waals surface area contributed by atoms with Gasteiger partial charge in [-0.05, 0) is 12.8 Å². The number of methoxy groups -OCH3 is 1. The van der Waals surface area contributed by atoms with Crippen LogP contribution < -0.4 is 0 Å². The maximum atomic E-state index is 10.7. The van der Waals surface area contributed by atoms with Gasteiger partial charge in [0.15, 0.2) is 6.29 Å². The smallest absolute Gasteiger partial charge is 0.162 e. The van der Waals surface area contributed by atoms with E-state index in [1.165, 1.54) is 7.11 Å². The van der Waals surface area contributed by atoms with Crippen molar-refractivity contribution >= 4 is 6.29 Å². The molecule has 7 heteroatoms. The molecule has 0 aromatic carbocycles. The van der Waals surface area contributed by atoms with Gasteiger partial charge in [-0.25, -0.2) is 0 Å². The van der Waals surface area contributed by atoms with Gasteiger partial charge in [-0.1, -0.05) is 0 Å². The highest BCUT2D eigenvalue weighted by molar-refractivity contribution is 5.50. The summed E-state index contributed by atoms with van der Waals surface area (Å²) in [6, 6.07) is 0. The van der Waals surface area contributed by atoms with Crippen LogP contribution in [-0.2, 0) is 14.3 Å². The summed E-state index contributed by atoms with van der Waals surface area (Å²) < 4.78 is 10.7. The Kier molecular flexibility index (Phi) is 7.57. The minimum absolute atomic E-state index is 0.130. The van der Waals surface area contributed by atoms with E-state index in [4.69, 9.17) is 14.6 Å². The average Bonchev–Trinajstić information content (AvgIpc) is 2.70. The Morgan fingerprint density at radius 2 is 2.05 bits per heavy atom. The second-order valence-corrected chi connectivity index (χ2v) is 5.11. The fraction of sp³-hybridized carbons (Fsp3) is 0.923. The number of hydrogen-bond acceptors (Lipinski definition) is 7. The van der Waals surface area contributed by atoms with E-state index < -0.39 is 36.4 Å². The Hall–Kier alpha value is -0.570. The lowest BCUT2D eigenvalue weighted by Gasteiger charge is -2.29. The van der Waals surface area contributed by atoms with Gasteiger partial charge in [-0.3, -0.25) is 0 Å². The Morgan fingerprint density at radius 3 is 2.60 bits per heavy atom. The van der Waals surface area contributed by atoms with Crippen LogP contribution >= 0.6 is 0 Å². The summed E-state index contributed by atoms with van der Waals surface area (Å²) >= 11 is 0. The van der Waals surface area contributed by atoms with Crippen LogP contribution in [0.1, 0.15) is 19.3 Å². The molecule has 1 rings (SSSR count). The van der Waals surface area contributed by atoms with E-state index in [0.29, 0.717) is 6.29 Å². The first-order valence-electron chi connectivity index (χ1n) is 6.78. The van der Waals surface area contributed by atoms with Crippen molar-refractivity contribution in [2.45, 2.75) is 43.9 Å². The van der Waals surface area contributed by atoms with Crippen LogP contribution in [0.2, 0.25) is 0 Å². The van der Waals surface area contributed by atoms with Crippen molar-refractivity contribution in [1.82, 2.24) is 0 Å². The summed E-state index contributed by atoms with van der Waals surface area (Å²) in [5.74, 6) is -0.901. The quantitative estimate of drug-likeness (QED) is 0.307.